The van der Waals surface area contributed by atoms with E-state index in [-0.39, 0.29) is 0 Å². The number of carboxylic acid groups (broad SMARTS) is 1. The second kappa shape index (κ2) is 3.62. The summed E-state index contributed by atoms with van der Waals surface area (Å²) < 4.78 is 6.73. The van der Waals surface area contributed by atoms with E-state index in [0.29, 0.717) is 6.61 Å². The molecule has 0 bridgehead atoms. The van der Waals surface area contributed by atoms with Crippen LogP contribution in [0.5, 0.6) is 0 Å². The van der Waals surface area contributed by atoms with Crippen molar-refractivity contribution in [1.82, 2.24) is 4.57 Å². The van der Waals surface area contributed by atoms with Gasteiger partial charge in [-0.2, -0.15) is 0 Å². The smallest absolute Gasteiger partial charge is 0.357 e. The lowest BCUT2D eigenvalue weighted by molar-refractivity contribution is -0.177. The van der Waals surface area contributed by atoms with Gasteiger partial charge in [-0.25, -0.2) is 4.79 Å². The Labute approximate surface area is 76.7 Å². The number of ether oxygens (including phenoxy) is 1. The first kappa shape index (κ1) is 9.80. The Kier molecular flexibility index (Phi) is 2.72. The maximum atomic E-state index is 11.0. The molecule has 1 atom stereocenters. The van der Waals surface area contributed by atoms with Crippen molar-refractivity contribution in [2.45, 2.75) is 19.6 Å². The van der Waals surface area contributed by atoms with Crippen molar-refractivity contribution in [2.24, 2.45) is 0 Å². The fourth-order valence-corrected chi connectivity index (χ4v) is 1.15. The standard InChI is InChI=1S/C9H13NO3/c1-3-13-9(2,8(11)12)10-6-4-5-7-10/h4-7H,3H2,1-2H3,(H,11,12). The molecule has 1 N–H and O–H groups in total. The zero-order valence-electron chi connectivity index (χ0n) is 7.73. The van der Waals surface area contributed by atoms with Crippen LogP contribution < -0.4 is 0 Å². The Morgan fingerprint density at radius 2 is 2.08 bits per heavy atom. The number of aliphatic carboxylic acids is 1. The molecule has 4 nitrogen and oxygen atoms in total. The van der Waals surface area contributed by atoms with Crippen LogP contribution in [0.2, 0.25) is 0 Å². The van der Waals surface area contributed by atoms with E-state index in [2.05, 4.69) is 0 Å². The molecule has 0 aliphatic carbocycles. The molecular formula is C9H13NO3. The zero-order chi connectivity index (χ0) is 9.90. The third-order valence-corrected chi connectivity index (χ3v) is 1.92. The summed E-state index contributed by atoms with van der Waals surface area (Å²) in [5, 5.41) is 8.99. The summed E-state index contributed by atoms with van der Waals surface area (Å²) in [6.45, 7) is 3.66. The van der Waals surface area contributed by atoms with Gasteiger partial charge in [0, 0.05) is 19.0 Å². The van der Waals surface area contributed by atoms with Gasteiger partial charge in [0.1, 0.15) is 0 Å². The Morgan fingerprint density at radius 3 is 2.46 bits per heavy atom. The van der Waals surface area contributed by atoms with E-state index in [4.69, 9.17) is 9.84 Å². The number of hydrogen-bond donors (Lipinski definition) is 1. The molecule has 0 radical (unpaired) electrons. The first-order valence-corrected chi connectivity index (χ1v) is 4.12. The van der Waals surface area contributed by atoms with Gasteiger partial charge in [0.05, 0.1) is 0 Å². The topological polar surface area (TPSA) is 51.5 Å². The second-order valence-corrected chi connectivity index (χ2v) is 2.81. The number of carbonyl (C=O) groups is 1. The predicted molar refractivity (Wildman–Crippen MR) is 47.3 cm³/mol. The number of carboxylic acids is 1. The minimum absolute atomic E-state index is 0.362. The molecule has 0 saturated carbocycles. The van der Waals surface area contributed by atoms with E-state index in [0.717, 1.165) is 0 Å². The molecule has 1 aromatic heterocycles. The van der Waals surface area contributed by atoms with E-state index in [9.17, 15) is 4.79 Å². The van der Waals surface area contributed by atoms with Crippen LogP contribution in [0.4, 0.5) is 0 Å². The highest BCUT2D eigenvalue weighted by Crippen LogP contribution is 2.17. The van der Waals surface area contributed by atoms with Crippen molar-refractivity contribution in [3.05, 3.63) is 24.5 Å². The van der Waals surface area contributed by atoms with Crippen molar-refractivity contribution < 1.29 is 14.6 Å². The number of nitrogens with zero attached hydrogens (tertiary/aromatic N) is 1. The van der Waals surface area contributed by atoms with Gasteiger partial charge in [-0.1, -0.05) is 0 Å². The maximum absolute atomic E-state index is 11.0. The van der Waals surface area contributed by atoms with Gasteiger partial charge >= 0.3 is 5.97 Å². The van der Waals surface area contributed by atoms with Gasteiger partial charge in [-0.3, -0.25) is 0 Å². The SMILES string of the molecule is CCOC(C)(C(=O)O)n1cccc1. The number of rotatable bonds is 4. The monoisotopic (exact) mass is 183 g/mol. The summed E-state index contributed by atoms with van der Waals surface area (Å²) in [5.74, 6) is -0.995. The lowest BCUT2D eigenvalue weighted by Gasteiger charge is -2.26. The maximum Gasteiger partial charge on any atom is 0.357 e. The van der Waals surface area contributed by atoms with E-state index in [1.807, 2.05) is 0 Å². The lowest BCUT2D eigenvalue weighted by Crippen LogP contribution is -2.40. The normalized spacial score (nSPS) is 15.2. The van der Waals surface area contributed by atoms with Gasteiger partial charge in [-0.15, -0.1) is 0 Å². The van der Waals surface area contributed by atoms with E-state index in [1.54, 1.807) is 31.5 Å². The van der Waals surface area contributed by atoms with Crippen LogP contribution in [0.3, 0.4) is 0 Å². The summed E-state index contributed by atoms with van der Waals surface area (Å²) in [6, 6.07) is 3.53. The van der Waals surface area contributed by atoms with Crippen LogP contribution in [0, 0.1) is 0 Å². The molecule has 1 rings (SSSR count). The van der Waals surface area contributed by atoms with Gasteiger partial charge < -0.3 is 14.4 Å². The second-order valence-electron chi connectivity index (χ2n) is 2.81. The Morgan fingerprint density at radius 1 is 1.54 bits per heavy atom. The molecule has 13 heavy (non-hydrogen) atoms. The Bertz CT molecular complexity index is 281. The van der Waals surface area contributed by atoms with Gasteiger partial charge in [0.15, 0.2) is 0 Å². The molecule has 0 aliphatic heterocycles. The average Bonchev–Trinajstić information content (AvgIpc) is 2.56. The molecule has 1 unspecified atom stereocenters. The summed E-state index contributed by atoms with van der Waals surface area (Å²) >= 11 is 0. The van der Waals surface area contributed by atoms with Crippen LogP contribution in [-0.4, -0.2) is 22.2 Å². The Hall–Kier alpha value is -1.29. The zero-order valence-corrected chi connectivity index (χ0v) is 7.73. The molecule has 1 heterocycles. The summed E-state index contributed by atoms with van der Waals surface area (Å²) in [4.78, 5) is 11.0. The minimum atomic E-state index is -1.29. The molecule has 72 valence electrons. The van der Waals surface area contributed by atoms with Crippen molar-refractivity contribution >= 4 is 5.97 Å². The van der Waals surface area contributed by atoms with E-state index < -0.39 is 11.7 Å². The van der Waals surface area contributed by atoms with Gasteiger partial charge in [0.25, 0.3) is 0 Å². The molecule has 4 heteroatoms. The van der Waals surface area contributed by atoms with Crippen molar-refractivity contribution in [3.8, 4) is 0 Å². The van der Waals surface area contributed by atoms with Crippen LogP contribution in [0.1, 0.15) is 13.8 Å². The number of aromatic nitrogens is 1. The highest BCUT2D eigenvalue weighted by Gasteiger charge is 2.35. The van der Waals surface area contributed by atoms with Crippen molar-refractivity contribution in [3.63, 3.8) is 0 Å². The fourth-order valence-electron chi connectivity index (χ4n) is 1.15. The van der Waals surface area contributed by atoms with Crippen LogP contribution in [0.15, 0.2) is 24.5 Å². The molecule has 1 aromatic rings. The highest BCUT2D eigenvalue weighted by molar-refractivity contribution is 5.74. The molecule has 0 aliphatic rings. The largest absolute Gasteiger partial charge is 0.478 e. The molecule has 0 spiro atoms. The van der Waals surface area contributed by atoms with Gasteiger partial charge in [0.2, 0.25) is 5.72 Å². The number of hydrogen-bond acceptors (Lipinski definition) is 2. The van der Waals surface area contributed by atoms with Crippen molar-refractivity contribution in [2.75, 3.05) is 6.61 Å². The third-order valence-electron chi connectivity index (χ3n) is 1.92. The lowest BCUT2D eigenvalue weighted by atomic mass is 10.2. The van der Waals surface area contributed by atoms with Gasteiger partial charge in [-0.05, 0) is 26.0 Å². The highest BCUT2D eigenvalue weighted by atomic mass is 16.5. The molecular weight excluding hydrogens is 170 g/mol. The summed E-state index contributed by atoms with van der Waals surface area (Å²) in [7, 11) is 0. The molecule has 0 aromatic carbocycles. The van der Waals surface area contributed by atoms with E-state index in [1.165, 1.54) is 11.5 Å². The first-order valence-electron chi connectivity index (χ1n) is 4.12. The fraction of sp³-hybridized carbons (Fsp3) is 0.444. The third kappa shape index (κ3) is 1.72. The Balaban J connectivity index is 2.98. The molecule has 0 fully saturated rings. The van der Waals surface area contributed by atoms with Crippen molar-refractivity contribution in [1.29, 1.82) is 0 Å². The average molecular weight is 183 g/mol. The molecule has 0 amide bonds. The van der Waals surface area contributed by atoms with Crippen LogP contribution in [-0.2, 0) is 15.3 Å². The predicted octanol–water partition coefficient (Wildman–Crippen LogP) is 1.28. The minimum Gasteiger partial charge on any atom is -0.478 e. The summed E-state index contributed by atoms with van der Waals surface area (Å²) in [6.07, 6.45) is 3.34. The van der Waals surface area contributed by atoms with E-state index >= 15 is 0 Å². The first-order chi connectivity index (χ1) is 6.11. The summed E-state index contributed by atoms with van der Waals surface area (Å²) in [5.41, 5.74) is -1.29. The quantitative estimate of drug-likeness (QED) is 0.765. The molecule has 0 saturated heterocycles. The van der Waals surface area contributed by atoms with Crippen LogP contribution >= 0.6 is 0 Å². The van der Waals surface area contributed by atoms with Crippen LogP contribution in [0.25, 0.3) is 0 Å².